The SMILES string of the molecule is CC[C@H](C)C(NC(=O)[C@H](C)NC(=O)[C@H](CCO)NC(=O)[C@H](NC(=O)C(N)C(C)(O)CC)[C@@H](C)CC)C(N)=O. The second-order valence-corrected chi connectivity index (χ2v) is 10.1. The third kappa shape index (κ3) is 10.5. The fourth-order valence-corrected chi connectivity index (χ4v) is 3.49. The van der Waals surface area contributed by atoms with Crippen molar-refractivity contribution < 1.29 is 34.2 Å². The van der Waals surface area contributed by atoms with Crippen LogP contribution < -0.4 is 32.7 Å². The topological polar surface area (TPSA) is 226 Å². The summed E-state index contributed by atoms with van der Waals surface area (Å²) in [5.74, 6) is -4.07. The van der Waals surface area contributed by atoms with Gasteiger partial charge in [0.15, 0.2) is 0 Å². The van der Waals surface area contributed by atoms with Crippen molar-refractivity contribution in [1.82, 2.24) is 21.3 Å². The van der Waals surface area contributed by atoms with E-state index in [0.29, 0.717) is 12.8 Å². The standard InChI is InChI=1S/C25H48N6O7/c1-8-13(4)17(20(27)33)30-21(34)15(6)28-22(35)16(11-12-32)29-23(36)18(14(5)9-2)31-24(37)19(26)25(7,38)10-3/h13-19,32,38H,8-12,26H2,1-7H3,(H2,27,33)(H,28,35)(H,29,36)(H,30,34)(H,31,37)/t13-,14-,15-,16-,17?,18+,19?,25?/m0/s1. The Morgan fingerprint density at radius 2 is 1.29 bits per heavy atom. The number of aliphatic hydroxyl groups is 2. The van der Waals surface area contributed by atoms with Crippen LogP contribution in [0, 0.1) is 11.8 Å². The molecule has 38 heavy (non-hydrogen) atoms. The van der Waals surface area contributed by atoms with Gasteiger partial charge in [-0.05, 0) is 38.5 Å². The Balaban J connectivity index is 5.54. The first kappa shape index (κ1) is 35.2. The lowest BCUT2D eigenvalue weighted by Gasteiger charge is -2.31. The molecule has 0 saturated carbocycles. The van der Waals surface area contributed by atoms with Crippen LogP contribution in [0.4, 0.5) is 0 Å². The molecular weight excluding hydrogens is 496 g/mol. The number of primary amides is 1. The molecule has 0 aliphatic rings. The molecule has 5 amide bonds. The third-order valence-corrected chi connectivity index (χ3v) is 7.08. The first-order chi connectivity index (χ1) is 17.6. The average Bonchev–Trinajstić information content (AvgIpc) is 2.87. The van der Waals surface area contributed by atoms with Crippen molar-refractivity contribution in [3.8, 4) is 0 Å². The summed E-state index contributed by atoms with van der Waals surface area (Å²) in [6, 6.07) is -5.58. The summed E-state index contributed by atoms with van der Waals surface area (Å²) in [7, 11) is 0. The fourth-order valence-electron chi connectivity index (χ4n) is 3.49. The van der Waals surface area contributed by atoms with Crippen LogP contribution in [0.2, 0.25) is 0 Å². The quantitative estimate of drug-likeness (QED) is 0.106. The van der Waals surface area contributed by atoms with Gasteiger partial charge < -0.3 is 42.9 Å². The maximum absolute atomic E-state index is 13.1. The number of hydrogen-bond acceptors (Lipinski definition) is 8. The first-order valence-electron chi connectivity index (χ1n) is 13.2. The van der Waals surface area contributed by atoms with Crippen molar-refractivity contribution in [3.63, 3.8) is 0 Å². The van der Waals surface area contributed by atoms with Gasteiger partial charge in [0.2, 0.25) is 29.5 Å². The molecule has 0 aromatic carbocycles. The maximum atomic E-state index is 13.1. The summed E-state index contributed by atoms with van der Waals surface area (Å²) >= 11 is 0. The number of nitrogens with two attached hydrogens (primary N) is 2. The summed E-state index contributed by atoms with van der Waals surface area (Å²) in [5.41, 5.74) is 9.80. The predicted molar refractivity (Wildman–Crippen MR) is 142 cm³/mol. The average molecular weight is 545 g/mol. The number of amides is 5. The van der Waals surface area contributed by atoms with Crippen molar-refractivity contribution in [2.75, 3.05) is 6.61 Å². The second-order valence-electron chi connectivity index (χ2n) is 10.1. The van der Waals surface area contributed by atoms with E-state index in [9.17, 15) is 34.2 Å². The van der Waals surface area contributed by atoms with Gasteiger partial charge in [0.05, 0.1) is 5.60 Å². The van der Waals surface area contributed by atoms with Crippen molar-refractivity contribution in [3.05, 3.63) is 0 Å². The van der Waals surface area contributed by atoms with E-state index in [1.807, 2.05) is 13.8 Å². The zero-order valence-corrected chi connectivity index (χ0v) is 23.7. The Labute approximate surface area is 225 Å². The summed E-state index contributed by atoms with van der Waals surface area (Å²) in [4.78, 5) is 63.0. The molecule has 10 N–H and O–H groups in total. The molecule has 0 radical (unpaired) electrons. The lowest BCUT2D eigenvalue weighted by atomic mass is 9.92. The molecular formula is C25H48N6O7. The molecule has 0 heterocycles. The first-order valence-corrected chi connectivity index (χ1v) is 13.2. The maximum Gasteiger partial charge on any atom is 0.243 e. The zero-order chi connectivity index (χ0) is 29.8. The minimum atomic E-state index is -1.49. The van der Waals surface area contributed by atoms with Crippen molar-refractivity contribution >= 4 is 29.5 Å². The van der Waals surface area contributed by atoms with E-state index in [1.165, 1.54) is 13.8 Å². The minimum Gasteiger partial charge on any atom is -0.396 e. The van der Waals surface area contributed by atoms with Crippen LogP contribution in [-0.4, -0.2) is 82.2 Å². The Morgan fingerprint density at radius 1 is 0.789 bits per heavy atom. The van der Waals surface area contributed by atoms with Crippen molar-refractivity contribution in [2.45, 2.75) is 110 Å². The van der Waals surface area contributed by atoms with Gasteiger partial charge in [0.1, 0.15) is 30.2 Å². The van der Waals surface area contributed by atoms with Gasteiger partial charge in [-0.3, -0.25) is 24.0 Å². The minimum absolute atomic E-state index is 0.159. The van der Waals surface area contributed by atoms with Gasteiger partial charge in [-0.25, -0.2) is 0 Å². The zero-order valence-electron chi connectivity index (χ0n) is 23.7. The van der Waals surface area contributed by atoms with Gasteiger partial charge in [-0.15, -0.1) is 0 Å². The van der Waals surface area contributed by atoms with Gasteiger partial charge in [0.25, 0.3) is 0 Å². The lowest BCUT2D eigenvalue weighted by Crippen LogP contribution is -2.62. The van der Waals surface area contributed by atoms with E-state index in [2.05, 4.69) is 21.3 Å². The highest BCUT2D eigenvalue weighted by Gasteiger charge is 2.37. The van der Waals surface area contributed by atoms with Gasteiger partial charge in [-0.1, -0.05) is 47.5 Å². The molecule has 13 heteroatoms. The molecule has 0 spiro atoms. The van der Waals surface area contributed by atoms with Crippen LogP contribution in [0.15, 0.2) is 0 Å². The molecule has 0 rings (SSSR count). The van der Waals surface area contributed by atoms with E-state index in [-0.39, 0.29) is 24.7 Å². The summed E-state index contributed by atoms with van der Waals surface area (Å²) in [6.07, 6.45) is 1.15. The Bertz CT molecular complexity index is 822. The van der Waals surface area contributed by atoms with Crippen LogP contribution in [0.25, 0.3) is 0 Å². The number of carbonyl (C=O) groups excluding carboxylic acids is 5. The molecule has 0 aromatic rings. The van der Waals surface area contributed by atoms with E-state index < -0.39 is 72.0 Å². The fraction of sp³-hybridized carbons (Fsp3) is 0.800. The van der Waals surface area contributed by atoms with Crippen LogP contribution in [0.3, 0.4) is 0 Å². The van der Waals surface area contributed by atoms with Crippen molar-refractivity contribution in [1.29, 1.82) is 0 Å². The van der Waals surface area contributed by atoms with Gasteiger partial charge in [0, 0.05) is 6.61 Å². The molecule has 0 saturated heterocycles. The molecule has 0 aromatic heterocycles. The number of aliphatic hydroxyl groups excluding tert-OH is 1. The normalized spacial score (nSPS) is 18.4. The van der Waals surface area contributed by atoms with Crippen molar-refractivity contribution in [2.24, 2.45) is 23.3 Å². The second kappa shape index (κ2) is 16.2. The highest BCUT2D eigenvalue weighted by Crippen LogP contribution is 2.15. The molecule has 220 valence electrons. The Hall–Kier alpha value is -2.77. The van der Waals surface area contributed by atoms with E-state index in [4.69, 9.17) is 11.5 Å². The Morgan fingerprint density at radius 3 is 1.74 bits per heavy atom. The van der Waals surface area contributed by atoms with Gasteiger partial charge in [-0.2, -0.15) is 0 Å². The number of hydrogen-bond donors (Lipinski definition) is 8. The molecule has 3 unspecified atom stereocenters. The molecule has 0 fully saturated rings. The van der Waals surface area contributed by atoms with E-state index in [0.717, 1.165) is 0 Å². The van der Waals surface area contributed by atoms with E-state index in [1.54, 1.807) is 20.8 Å². The smallest absolute Gasteiger partial charge is 0.243 e. The molecule has 13 nitrogen and oxygen atoms in total. The van der Waals surface area contributed by atoms with Crippen LogP contribution in [0.5, 0.6) is 0 Å². The number of carbonyl (C=O) groups is 5. The largest absolute Gasteiger partial charge is 0.396 e. The summed E-state index contributed by atoms with van der Waals surface area (Å²) in [6.45, 7) is 11.2. The number of nitrogens with one attached hydrogen (secondary N) is 4. The van der Waals surface area contributed by atoms with Crippen LogP contribution in [0.1, 0.15) is 74.1 Å². The predicted octanol–water partition coefficient (Wildman–Crippen LogP) is -1.61. The van der Waals surface area contributed by atoms with Crippen LogP contribution >= 0.6 is 0 Å². The summed E-state index contributed by atoms with van der Waals surface area (Å²) in [5, 5.41) is 29.9. The highest BCUT2D eigenvalue weighted by atomic mass is 16.3. The Kier molecular flexibility index (Phi) is 15.1. The number of rotatable bonds is 17. The van der Waals surface area contributed by atoms with Gasteiger partial charge >= 0.3 is 0 Å². The molecule has 0 aliphatic carbocycles. The molecule has 0 bridgehead atoms. The third-order valence-electron chi connectivity index (χ3n) is 7.08. The molecule has 8 atom stereocenters. The van der Waals surface area contributed by atoms with E-state index >= 15 is 0 Å². The summed E-state index contributed by atoms with van der Waals surface area (Å²) < 4.78 is 0. The lowest BCUT2D eigenvalue weighted by molar-refractivity contribution is -0.136. The van der Waals surface area contributed by atoms with Crippen LogP contribution in [-0.2, 0) is 24.0 Å². The monoisotopic (exact) mass is 544 g/mol. The highest BCUT2D eigenvalue weighted by molar-refractivity contribution is 5.95. The molecule has 0 aliphatic heterocycles.